The van der Waals surface area contributed by atoms with E-state index in [1.54, 1.807) is 12.1 Å². The lowest BCUT2D eigenvalue weighted by Crippen LogP contribution is -2.43. The number of halogens is 8. The van der Waals surface area contributed by atoms with Crippen LogP contribution in [0.5, 0.6) is 0 Å². The lowest BCUT2D eigenvalue weighted by Gasteiger charge is -2.29. The summed E-state index contributed by atoms with van der Waals surface area (Å²) in [5, 5.41) is 3.14. The van der Waals surface area contributed by atoms with E-state index in [0.29, 0.717) is 25.2 Å². The highest BCUT2D eigenvalue weighted by molar-refractivity contribution is 5.94. The molecule has 180 valence electrons. The topological polar surface area (TPSA) is 35.6 Å². The van der Waals surface area contributed by atoms with E-state index in [2.05, 4.69) is 5.32 Å². The van der Waals surface area contributed by atoms with E-state index in [0.717, 1.165) is 10.5 Å². The van der Waals surface area contributed by atoms with Crippen LogP contribution in [0.25, 0.3) is 0 Å². The third-order valence-corrected chi connectivity index (χ3v) is 5.81. The summed E-state index contributed by atoms with van der Waals surface area (Å²) in [5.74, 6) is -0.601. The molecule has 0 unspecified atom stereocenters. The summed E-state index contributed by atoms with van der Waals surface area (Å²) in [7, 11) is 0. The van der Waals surface area contributed by atoms with Crippen LogP contribution in [-0.2, 0) is 12.4 Å². The van der Waals surface area contributed by atoms with Gasteiger partial charge in [0.25, 0.3) is 0 Å². The highest BCUT2D eigenvalue weighted by Gasteiger charge is 2.43. The van der Waals surface area contributed by atoms with Gasteiger partial charge in [-0.25, -0.2) is 9.18 Å². The fourth-order valence-electron chi connectivity index (χ4n) is 4.24. The van der Waals surface area contributed by atoms with E-state index in [9.17, 15) is 35.5 Å². The number of carbonyl (C=O) groups is 1. The van der Waals surface area contributed by atoms with Gasteiger partial charge >= 0.3 is 18.4 Å². The first kappa shape index (κ1) is 25.1. The number of hydrogen-bond donors (Lipinski definition) is 1. The molecule has 2 heterocycles. The largest absolute Gasteiger partial charge is 0.416 e. The number of amides is 2. The lowest BCUT2D eigenvalue weighted by molar-refractivity contribution is -0.143. The van der Waals surface area contributed by atoms with Gasteiger partial charge in [-0.3, -0.25) is 4.90 Å². The number of urea groups is 1. The molecule has 2 aromatic carbocycles. The number of anilines is 1. The Kier molecular flexibility index (Phi) is 6.86. The normalized spacial score (nSPS) is 21.5. The number of carbonyl (C=O) groups excluding carboxylic acids is 1. The Morgan fingerprint density at radius 3 is 1.97 bits per heavy atom. The number of nitrogens with zero attached hydrogens (tertiary/aromatic N) is 2. The summed E-state index contributed by atoms with van der Waals surface area (Å²) in [5.41, 5.74) is -2.62. The Morgan fingerprint density at radius 1 is 0.848 bits per heavy atom. The van der Waals surface area contributed by atoms with Gasteiger partial charge in [-0.2, -0.15) is 26.3 Å². The molecule has 0 aliphatic carbocycles. The van der Waals surface area contributed by atoms with Crippen molar-refractivity contribution >= 4 is 24.1 Å². The minimum atomic E-state index is -5.00. The molecule has 2 aliphatic heterocycles. The predicted molar refractivity (Wildman–Crippen MR) is 109 cm³/mol. The number of rotatable bonds is 3. The molecule has 33 heavy (non-hydrogen) atoms. The number of benzene rings is 2. The van der Waals surface area contributed by atoms with Crippen molar-refractivity contribution in [3.63, 3.8) is 0 Å². The Hall–Kier alpha value is -2.53. The van der Waals surface area contributed by atoms with Crippen molar-refractivity contribution in [2.75, 3.05) is 31.1 Å². The Bertz CT molecular complexity index is 978. The summed E-state index contributed by atoms with van der Waals surface area (Å²) in [6.45, 7) is 0.991. The Labute approximate surface area is 190 Å². The fourth-order valence-corrected chi connectivity index (χ4v) is 4.24. The van der Waals surface area contributed by atoms with Gasteiger partial charge in [-0.1, -0.05) is 12.1 Å². The van der Waals surface area contributed by atoms with E-state index in [1.165, 1.54) is 17.0 Å². The first-order chi connectivity index (χ1) is 14.9. The van der Waals surface area contributed by atoms with Crippen LogP contribution < -0.4 is 10.2 Å². The molecule has 2 amide bonds. The lowest BCUT2D eigenvalue weighted by atomic mass is 9.93. The van der Waals surface area contributed by atoms with Crippen molar-refractivity contribution in [2.24, 2.45) is 0 Å². The molecular weight excluding hydrogens is 479 g/mol. The second-order valence-electron chi connectivity index (χ2n) is 7.78. The van der Waals surface area contributed by atoms with Crippen molar-refractivity contribution < 1.29 is 35.5 Å². The van der Waals surface area contributed by atoms with E-state index in [4.69, 9.17) is 0 Å². The van der Waals surface area contributed by atoms with Crippen LogP contribution in [0.15, 0.2) is 42.5 Å². The average Bonchev–Trinajstić information content (AvgIpc) is 3.33. The molecule has 0 bridgehead atoms. The summed E-state index contributed by atoms with van der Waals surface area (Å²) in [4.78, 5) is 15.4. The van der Waals surface area contributed by atoms with Crippen LogP contribution >= 0.6 is 12.4 Å². The molecule has 0 aromatic heterocycles. The number of hydrogen-bond acceptors (Lipinski definition) is 2. The molecule has 4 rings (SSSR count). The second kappa shape index (κ2) is 9.02. The zero-order valence-electron chi connectivity index (χ0n) is 16.9. The van der Waals surface area contributed by atoms with Crippen molar-refractivity contribution in [1.29, 1.82) is 0 Å². The van der Waals surface area contributed by atoms with Crippen LogP contribution in [0.1, 0.15) is 22.6 Å². The minimum Gasteiger partial charge on any atom is -0.318 e. The highest BCUT2D eigenvalue weighted by Crippen LogP contribution is 2.39. The van der Waals surface area contributed by atoms with Crippen LogP contribution in [0.4, 0.5) is 41.2 Å². The van der Waals surface area contributed by atoms with Gasteiger partial charge in [0.2, 0.25) is 0 Å². The molecule has 2 fully saturated rings. The standard InChI is InChI=1S/C21H18F7N3O.ClH/c22-15-3-1-12(2-4-15)17-10-29-11-18(17)31-6-5-30(19(31)32)16-8-13(20(23,24)25)7-14(9-16)21(26,27)28;/h1-4,7-9,17-18,29H,5-6,10-11H2;1H/t17-,18+;/m0./s1. The zero-order chi connectivity index (χ0) is 23.3. The summed E-state index contributed by atoms with van der Waals surface area (Å²) in [6.07, 6.45) is -10.00. The second-order valence-corrected chi connectivity index (χ2v) is 7.78. The molecule has 2 aliphatic rings. The number of nitrogens with one attached hydrogen (secondary N) is 1. The van der Waals surface area contributed by atoms with Gasteiger partial charge in [0.15, 0.2) is 0 Å². The molecule has 0 saturated carbocycles. The smallest absolute Gasteiger partial charge is 0.318 e. The number of alkyl halides is 6. The molecule has 2 atom stereocenters. The monoisotopic (exact) mass is 497 g/mol. The molecule has 0 spiro atoms. The zero-order valence-corrected chi connectivity index (χ0v) is 17.7. The summed E-state index contributed by atoms with van der Waals surface area (Å²) < 4.78 is 92.4. The van der Waals surface area contributed by atoms with Gasteiger partial charge in [0.05, 0.1) is 17.2 Å². The fraction of sp³-hybridized carbons (Fsp3) is 0.381. The third-order valence-electron chi connectivity index (χ3n) is 5.81. The maximum absolute atomic E-state index is 13.3. The average molecular weight is 498 g/mol. The molecule has 2 saturated heterocycles. The van der Waals surface area contributed by atoms with Gasteiger partial charge in [-0.15, -0.1) is 12.4 Å². The molecule has 1 N–H and O–H groups in total. The van der Waals surface area contributed by atoms with Crippen molar-refractivity contribution in [3.8, 4) is 0 Å². The van der Waals surface area contributed by atoms with E-state index >= 15 is 0 Å². The van der Waals surface area contributed by atoms with E-state index in [-0.39, 0.29) is 43.5 Å². The van der Waals surface area contributed by atoms with Crippen LogP contribution in [0.2, 0.25) is 0 Å². The van der Waals surface area contributed by atoms with E-state index < -0.39 is 41.0 Å². The van der Waals surface area contributed by atoms with Crippen LogP contribution in [0, 0.1) is 5.82 Å². The molecular formula is C21H19ClF7N3O. The molecule has 4 nitrogen and oxygen atoms in total. The Balaban J connectivity index is 0.00000306. The molecule has 2 aromatic rings. The van der Waals surface area contributed by atoms with Gasteiger partial charge in [0.1, 0.15) is 5.82 Å². The van der Waals surface area contributed by atoms with Crippen LogP contribution in [0.3, 0.4) is 0 Å². The van der Waals surface area contributed by atoms with Gasteiger partial charge in [-0.05, 0) is 35.9 Å². The van der Waals surface area contributed by atoms with Gasteiger partial charge < -0.3 is 10.2 Å². The summed E-state index contributed by atoms with van der Waals surface area (Å²) >= 11 is 0. The maximum atomic E-state index is 13.3. The predicted octanol–water partition coefficient (Wildman–Crippen LogP) is 5.28. The SMILES string of the molecule is Cl.O=C1N(c2cc(C(F)(F)F)cc(C(F)(F)F)c2)CCN1[C@@H]1CNC[C@H]1c1ccc(F)cc1. The first-order valence-corrected chi connectivity index (χ1v) is 9.79. The first-order valence-electron chi connectivity index (χ1n) is 9.79. The minimum absolute atomic E-state index is 0. The van der Waals surface area contributed by atoms with Crippen LogP contribution in [-0.4, -0.2) is 43.2 Å². The van der Waals surface area contributed by atoms with Gasteiger partial charge in [0, 0.05) is 37.8 Å². The Morgan fingerprint density at radius 2 is 1.42 bits per heavy atom. The molecule has 12 heteroatoms. The van der Waals surface area contributed by atoms with Crippen molar-refractivity contribution in [2.45, 2.75) is 24.3 Å². The quantitative estimate of drug-likeness (QED) is 0.586. The van der Waals surface area contributed by atoms with Crippen molar-refractivity contribution in [3.05, 3.63) is 65.0 Å². The van der Waals surface area contributed by atoms with Crippen molar-refractivity contribution in [1.82, 2.24) is 10.2 Å². The van der Waals surface area contributed by atoms with E-state index in [1.807, 2.05) is 0 Å². The third kappa shape index (κ3) is 5.03. The maximum Gasteiger partial charge on any atom is 0.416 e. The highest BCUT2D eigenvalue weighted by atomic mass is 35.5. The summed E-state index contributed by atoms with van der Waals surface area (Å²) in [6, 6.07) is 5.90. The molecule has 0 radical (unpaired) electrons.